The van der Waals surface area contributed by atoms with Gasteiger partial charge in [-0.05, 0) is 25.7 Å². The van der Waals surface area contributed by atoms with Gasteiger partial charge in [0.1, 0.15) is 11.3 Å². The summed E-state index contributed by atoms with van der Waals surface area (Å²) in [6.07, 6.45) is 4.87. The Morgan fingerprint density at radius 1 is 1.52 bits per heavy atom. The summed E-state index contributed by atoms with van der Waals surface area (Å²) >= 11 is 1.30. The average molecular weight is 305 g/mol. The van der Waals surface area contributed by atoms with Crippen LogP contribution in [0.4, 0.5) is 0 Å². The fourth-order valence-electron chi connectivity index (χ4n) is 2.42. The van der Waals surface area contributed by atoms with Crippen molar-refractivity contribution in [2.45, 2.75) is 32.7 Å². The summed E-state index contributed by atoms with van der Waals surface area (Å²) in [6.45, 7) is 1.77. The van der Waals surface area contributed by atoms with Crippen LogP contribution < -0.4 is 5.56 Å². The zero-order valence-electron chi connectivity index (χ0n) is 11.6. The van der Waals surface area contributed by atoms with E-state index in [2.05, 4.69) is 10.1 Å². The van der Waals surface area contributed by atoms with E-state index in [0.29, 0.717) is 17.3 Å². The molecule has 0 spiro atoms. The van der Waals surface area contributed by atoms with Gasteiger partial charge in [0.05, 0.1) is 10.4 Å². The van der Waals surface area contributed by atoms with Crippen LogP contribution in [0.5, 0.6) is 5.75 Å². The molecule has 6 nitrogen and oxygen atoms in total. The number of aromatic nitrogens is 3. The van der Waals surface area contributed by atoms with Crippen LogP contribution in [0.25, 0.3) is 10.6 Å². The third-order valence-corrected chi connectivity index (χ3v) is 4.58. The molecule has 1 N–H and O–H groups in total. The minimum absolute atomic E-state index is 0.187. The predicted molar refractivity (Wildman–Crippen MR) is 78.6 cm³/mol. The van der Waals surface area contributed by atoms with E-state index in [1.54, 1.807) is 11.7 Å². The van der Waals surface area contributed by atoms with Crippen molar-refractivity contribution in [3.63, 3.8) is 0 Å². The van der Waals surface area contributed by atoms with E-state index >= 15 is 0 Å². The van der Waals surface area contributed by atoms with Crippen LogP contribution in [0.1, 0.15) is 36.5 Å². The summed E-state index contributed by atoms with van der Waals surface area (Å²) in [4.78, 5) is 28.6. The van der Waals surface area contributed by atoms with Gasteiger partial charge in [-0.25, -0.2) is 4.68 Å². The topological polar surface area (TPSA) is 85.1 Å². The van der Waals surface area contributed by atoms with Crippen molar-refractivity contribution in [2.75, 3.05) is 0 Å². The summed E-state index contributed by atoms with van der Waals surface area (Å²) in [5.74, 6) is -0.372. The number of ketones is 1. The van der Waals surface area contributed by atoms with Gasteiger partial charge >= 0.3 is 0 Å². The predicted octanol–water partition coefficient (Wildman–Crippen LogP) is 2.08. The monoisotopic (exact) mass is 305 g/mol. The quantitative estimate of drug-likeness (QED) is 0.874. The highest BCUT2D eigenvalue weighted by molar-refractivity contribution is 7.13. The van der Waals surface area contributed by atoms with Gasteiger partial charge in [0.15, 0.2) is 11.5 Å². The van der Waals surface area contributed by atoms with Crippen LogP contribution in [0.3, 0.4) is 0 Å². The minimum atomic E-state index is -0.514. The third kappa shape index (κ3) is 2.49. The molecule has 2 aromatic heterocycles. The van der Waals surface area contributed by atoms with Crippen LogP contribution in [0.15, 0.2) is 16.5 Å². The lowest BCUT2D eigenvalue weighted by molar-refractivity contribution is 0.101. The molecule has 0 aliphatic heterocycles. The number of hydrogen-bond acceptors (Lipinski definition) is 6. The minimum Gasteiger partial charge on any atom is -0.505 e. The molecular formula is C14H15N3O3S. The van der Waals surface area contributed by atoms with Crippen molar-refractivity contribution >= 4 is 17.1 Å². The molecule has 0 aromatic carbocycles. The van der Waals surface area contributed by atoms with Crippen molar-refractivity contribution in [3.05, 3.63) is 27.6 Å². The molecule has 0 radical (unpaired) electrons. The molecule has 1 aliphatic rings. The molecule has 0 amide bonds. The molecule has 7 heteroatoms. The molecule has 1 fully saturated rings. The van der Waals surface area contributed by atoms with Crippen LogP contribution in [0, 0.1) is 5.92 Å². The maximum atomic E-state index is 12.3. The fraction of sp³-hybridized carbons (Fsp3) is 0.429. The number of carbonyl (C=O) groups excluding carboxylic acids is 1. The fourth-order valence-corrected chi connectivity index (χ4v) is 3.03. The highest BCUT2D eigenvalue weighted by Gasteiger charge is 2.25. The van der Waals surface area contributed by atoms with E-state index < -0.39 is 11.3 Å². The Bertz CT molecular complexity index is 733. The van der Waals surface area contributed by atoms with Gasteiger partial charge in [0.2, 0.25) is 0 Å². The first-order chi connectivity index (χ1) is 10.1. The number of aromatic hydroxyl groups is 1. The van der Waals surface area contributed by atoms with Gasteiger partial charge < -0.3 is 5.11 Å². The van der Waals surface area contributed by atoms with Crippen LogP contribution in [-0.4, -0.2) is 25.7 Å². The Kier molecular flexibility index (Phi) is 3.59. The summed E-state index contributed by atoms with van der Waals surface area (Å²) in [6, 6.07) is 0. The van der Waals surface area contributed by atoms with Gasteiger partial charge in [-0.3, -0.25) is 14.6 Å². The Hall–Kier alpha value is -2.02. The molecule has 1 saturated carbocycles. The smallest absolute Gasteiger partial charge is 0.281 e. The second-order valence-corrected chi connectivity index (χ2v) is 6.16. The maximum absolute atomic E-state index is 12.3. The normalized spacial score (nSPS) is 14.9. The number of rotatable bonds is 4. The van der Waals surface area contributed by atoms with Crippen LogP contribution in [-0.2, 0) is 6.54 Å². The lowest BCUT2D eigenvalue weighted by Crippen LogP contribution is -2.32. The average Bonchev–Trinajstić information content (AvgIpc) is 2.89. The molecule has 3 rings (SSSR count). The molecule has 1 aliphatic carbocycles. The first-order valence-electron chi connectivity index (χ1n) is 6.81. The number of hydrogen-bond donors (Lipinski definition) is 1. The van der Waals surface area contributed by atoms with E-state index in [9.17, 15) is 14.7 Å². The molecule has 2 aromatic rings. The van der Waals surface area contributed by atoms with Gasteiger partial charge in [0.25, 0.3) is 5.56 Å². The molecular weight excluding hydrogens is 290 g/mol. The Morgan fingerprint density at radius 3 is 2.81 bits per heavy atom. The van der Waals surface area contributed by atoms with E-state index in [4.69, 9.17) is 0 Å². The SMILES string of the molecule is CC(=O)c1c(O)c(-c2cncs2)nn(CC2CCC2)c1=O. The standard InChI is InChI=1S/C14H15N3O3S/c1-8(18)11-13(19)12(10-5-15-7-21-10)16-17(14(11)20)6-9-3-2-4-9/h5,7,9,19H,2-4,6H2,1H3. The molecule has 110 valence electrons. The van der Waals surface area contributed by atoms with E-state index in [1.807, 2.05) is 0 Å². The largest absolute Gasteiger partial charge is 0.505 e. The molecule has 2 heterocycles. The zero-order valence-corrected chi connectivity index (χ0v) is 12.4. The highest BCUT2D eigenvalue weighted by atomic mass is 32.1. The molecule has 0 atom stereocenters. The van der Waals surface area contributed by atoms with Crippen LogP contribution >= 0.6 is 11.3 Å². The first-order valence-corrected chi connectivity index (χ1v) is 7.69. The summed E-state index contributed by atoms with van der Waals surface area (Å²) < 4.78 is 1.31. The zero-order chi connectivity index (χ0) is 15.0. The van der Waals surface area contributed by atoms with Gasteiger partial charge in [-0.1, -0.05) is 6.42 Å². The van der Waals surface area contributed by atoms with Gasteiger partial charge in [0, 0.05) is 12.7 Å². The maximum Gasteiger partial charge on any atom is 0.281 e. The highest BCUT2D eigenvalue weighted by Crippen LogP contribution is 2.32. The van der Waals surface area contributed by atoms with Crippen molar-refractivity contribution in [2.24, 2.45) is 5.92 Å². The van der Waals surface area contributed by atoms with Crippen molar-refractivity contribution in [1.82, 2.24) is 14.8 Å². The summed E-state index contributed by atoms with van der Waals surface area (Å²) in [5, 5.41) is 14.5. The Balaban J connectivity index is 2.15. The molecule has 0 unspecified atom stereocenters. The number of Topliss-reactive ketones (excluding diaryl/α,β-unsaturated/α-hetero) is 1. The van der Waals surface area contributed by atoms with E-state index in [-0.39, 0.29) is 17.0 Å². The van der Waals surface area contributed by atoms with E-state index in [0.717, 1.165) is 12.8 Å². The lowest BCUT2D eigenvalue weighted by atomic mass is 9.85. The van der Waals surface area contributed by atoms with Gasteiger partial charge in [-0.15, -0.1) is 11.3 Å². The lowest BCUT2D eigenvalue weighted by Gasteiger charge is -2.25. The van der Waals surface area contributed by atoms with Crippen molar-refractivity contribution < 1.29 is 9.90 Å². The Labute approximate surface area is 125 Å². The van der Waals surface area contributed by atoms with Crippen molar-refractivity contribution in [1.29, 1.82) is 0 Å². The van der Waals surface area contributed by atoms with Crippen LogP contribution in [0.2, 0.25) is 0 Å². The molecule has 21 heavy (non-hydrogen) atoms. The molecule has 0 saturated heterocycles. The molecule has 0 bridgehead atoms. The number of nitrogens with zero attached hydrogens (tertiary/aromatic N) is 3. The number of carbonyl (C=O) groups is 1. The summed E-state index contributed by atoms with van der Waals surface area (Å²) in [7, 11) is 0. The number of thiazole rings is 1. The second kappa shape index (κ2) is 5.40. The summed E-state index contributed by atoms with van der Waals surface area (Å²) in [5.41, 5.74) is 1.17. The Morgan fingerprint density at radius 2 is 2.29 bits per heavy atom. The third-order valence-electron chi connectivity index (χ3n) is 3.80. The van der Waals surface area contributed by atoms with Crippen molar-refractivity contribution in [3.8, 4) is 16.3 Å². The first kappa shape index (κ1) is 13.9. The van der Waals surface area contributed by atoms with Gasteiger partial charge in [-0.2, -0.15) is 5.10 Å². The second-order valence-electron chi connectivity index (χ2n) is 5.28. The van der Waals surface area contributed by atoms with E-state index in [1.165, 1.54) is 29.4 Å².